The Balaban J connectivity index is 2.48. The predicted molar refractivity (Wildman–Crippen MR) is 64.9 cm³/mol. The molecule has 0 unspecified atom stereocenters. The SMILES string of the molecule is CC(C)CC(CC(C)C)Nc1cn[nH]c1. The van der Waals surface area contributed by atoms with Crippen molar-refractivity contribution in [2.24, 2.45) is 11.8 Å². The van der Waals surface area contributed by atoms with Gasteiger partial charge in [-0.15, -0.1) is 0 Å². The van der Waals surface area contributed by atoms with Gasteiger partial charge in [-0.25, -0.2) is 0 Å². The molecule has 0 saturated carbocycles. The van der Waals surface area contributed by atoms with Gasteiger partial charge < -0.3 is 5.32 Å². The minimum Gasteiger partial charge on any atom is -0.380 e. The summed E-state index contributed by atoms with van der Waals surface area (Å²) in [6, 6.07) is 0.558. The van der Waals surface area contributed by atoms with E-state index in [1.165, 1.54) is 12.8 Å². The van der Waals surface area contributed by atoms with Crippen LogP contribution in [-0.2, 0) is 0 Å². The van der Waals surface area contributed by atoms with E-state index >= 15 is 0 Å². The van der Waals surface area contributed by atoms with Gasteiger partial charge in [0.05, 0.1) is 11.9 Å². The van der Waals surface area contributed by atoms with Crippen LogP contribution in [0.1, 0.15) is 40.5 Å². The van der Waals surface area contributed by atoms with Gasteiger partial charge in [0.25, 0.3) is 0 Å². The molecule has 0 aromatic carbocycles. The summed E-state index contributed by atoms with van der Waals surface area (Å²) in [5, 5.41) is 10.3. The fraction of sp³-hybridized carbons (Fsp3) is 0.750. The van der Waals surface area contributed by atoms with E-state index in [2.05, 4.69) is 43.2 Å². The Morgan fingerprint density at radius 2 is 1.80 bits per heavy atom. The van der Waals surface area contributed by atoms with Crippen molar-refractivity contribution in [1.82, 2.24) is 10.2 Å². The molecule has 0 aliphatic heterocycles. The number of nitrogens with one attached hydrogen (secondary N) is 2. The molecule has 1 aromatic rings. The number of rotatable bonds is 6. The van der Waals surface area contributed by atoms with Crippen LogP contribution < -0.4 is 5.32 Å². The lowest BCUT2D eigenvalue weighted by Gasteiger charge is -2.22. The Bertz CT molecular complexity index is 242. The van der Waals surface area contributed by atoms with Crippen molar-refractivity contribution in [2.45, 2.75) is 46.6 Å². The first-order valence-electron chi connectivity index (χ1n) is 5.83. The standard InChI is InChI=1S/C12H23N3/c1-9(2)5-11(6-10(3)4)15-12-7-13-14-8-12/h7-11,15H,5-6H2,1-4H3,(H,13,14). The van der Waals surface area contributed by atoms with Gasteiger partial charge in [-0.05, 0) is 24.7 Å². The van der Waals surface area contributed by atoms with Crippen molar-refractivity contribution in [3.63, 3.8) is 0 Å². The van der Waals surface area contributed by atoms with Crippen LogP contribution in [0.3, 0.4) is 0 Å². The second-order valence-electron chi connectivity index (χ2n) is 5.09. The quantitative estimate of drug-likeness (QED) is 0.755. The fourth-order valence-electron chi connectivity index (χ4n) is 1.92. The summed E-state index contributed by atoms with van der Waals surface area (Å²) in [6.45, 7) is 9.07. The molecule has 0 saturated heterocycles. The van der Waals surface area contributed by atoms with Crippen LogP contribution in [0.5, 0.6) is 0 Å². The van der Waals surface area contributed by atoms with Crippen LogP contribution in [0.25, 0.3) is 0 Å². The molecule has 15 heavy (non-hydrogen) atoms. The smallest absolute Gasteiger partial charge is 0.0725 e. The monoisotopic (exact) mass is 209 g/mol. The molecule has 3 nitrogen and oxygen atoms in total. The van der Waals surface area contributed by atoms with E-state index in [4.69, 9.17) is 0 Å². The first kappa shape index (κ1) is 12.1. The highest BCUT2D eigenvalue weighted by Crippen LogP contribution is 2.17. The van der Waals surface area contributed by atoms with Crippen molar-refractivity contribution in [2.75, 3.05) is 5.32 Å². The molecule has 1 aromatic heterocycles. The van der Waals surface area contributed by atoms with Gasteiger partial charge in [-0.3, -0.25) is 5.10 Å². The van der Waals surface area contributed by atoms with Crippen molar-refractivity contribution < 1.29 is 0 Å². The third-order valence-electron chi connectivity index (χ3n) is 2.38. The van der Waals surface area contributed by atoms with Gasteiger partial charge in [0, 0.05) is 12.2 Å². The van der Waals surface area contributed by atoms with E-state index in [0.717, 1.165) is 17.5 Å². The van der Waals surface area contributed by atoms with E-state index in [1.807, 2.05) is 12.4 Å². The molecule has 0 aliphatic rings. The van der Waals surface area contributed by atoms with E-state index in [0.29, 0.717) is 6.04 Å². The predicted octanol–water partition coefficient (Wildman–Crippen LogP) is 3.28. The van der Waals surface area contributed by atoms with Gasteiger partial charge in [-0.1, -0.05) is 27.7 Å². The van der Waals surface area contributed by atoms with Crippen LogP contribution in [0, 0.1) is 11.8 Å². The molecule has 1 rings (SSSR count). The van der Waals surface area contributed by atoms with Gasteiger partial charge in [0.1, 0.15) is 0 Å². The van der Waals surface area contributed by atoms with Crippen molar-refractivity contribution in [3.8, 4) is 0 Å². The maximum Gasteiger partial charge on any atom is 0.0725 e. The third kappa shape index (κ3) is 4.86. The number of aromatic amines is 1. The zero-order valence-electron chi connectivity index (χ0n) is 10.2. The highest BCUT2D eigenvalue weighted by atomic mass is 15.1. The molecular weight excluding hydrogens is 186 g/mol. The molecular formula is C12H23N3. The molecule has 1 heterocycles. The molecule has 2 N–H and O–H groups in total. The number of hydrogen-bond donors (Lipinski definition) is 2. The van der Waals surface area contributed by atoms with E-state index < -0.39 is 0 Å². The molecule has 0 aliphatic carbocycles. The Kier molecular flexibility index (Phi) is 4.66. The second kappa shape index (κ2) is 5.79. The van der Waals surface area contributed by atoms with Gasteiger partial charge >= 0.3 is 0 Å². The Morgan fingerprint density at radius 1 is 1.20 bits per heavy atom. The summed E-state index contributed by atoms with van der Waals surface area (Å²) < 4.78 is 0. The maximum atomic E-state index is 3.95. The minimum atomic E-state index is 0.558. The lowest BCUT2D eigenvalue weighted by Crippen LogP contribution is -2.23. The lowest BCUT2D eigenvalue weighted by atomic mass is 9.95. The first-order chi connectivity index (χ1) is 7.08. The van der Waals surface area contributed by atoms with Crippen molar-refractivity contribution >= 4 is 5.69 Å². The molecule has 86 valence electrons. The van der Waals surface area contributed by atoms with Crippen LogP contribution in [0.15, 0.2) is 12.4 Å². The minimum absolute atomic E-state index is 0.558. The van der Waals surface area contributed by atoms with E-state index in [-0.39, 0.29) is 0 Å². The van der Waals surface area contributed by atoms with E-state index in [9.17, 15) is 0 Å². The number of nitrogens with zero attached hydrogens (tertiary/aromatic N) is 1. The molecule has 0 amide bonds. The molecule has 0 radical (unpaired) electrons. The fourth-order valence-corrected chi connectivity index (χ4v) is 1.92. The van der Waals surface area contributed by atoms with Gasteiger partial charge in [0.15, 0.2) is 0 Å². The normalized spacial score (nSPS) is 11.7. The molecule has 0 atom stereocenters. The Hall–Kier alpha value is -0.990. The Morgan fingerprint density at radius 3 is 2.20 bits per heavy atom. The summed E-state index contributed by atoms with van der Waals surface area (Å²) in [5.41, 5.74) is 1.10. The maximum absolute atomic E-state index is 3.95. The number of H-pyrrole nitrogens is 1. The van der Waals surface area contributed by atoms with Gasteiger partial charge in [0.2, 0.25) is 0 Å². The summed E-state index contributed by atoms with van der Waals surface area (Å²) in [6.07, 6.45) is 6.17. The summed E-state index contributed by atoms with van der Waals surface area (Å²) >= 11 is 0. The number of anilines is 1. The average Bonchev–Trinajstić information content (AvgIpc) is 2.53. The number of aromatic nitrogens is 2. The van der Waals surface area contributed by atoms with Gasteiger partial charge in [-0.2, -0.15) is 5.10 Å². The molecule has 0 spiro atoms. The van der Waals surface area contributed by atoms with Crippen LogP contribution in [0.4, 0.5) is 5.69 Å². The van der Waals surface area contributed by atoms with Crippen molar-refractivity contribution in [3.05, 3.63) is 12.4 Å². The summed E-state index contributed by atoms with van der Waals surface area (Å²) in [7, 11) is 0. The third-order valence-corrected chi connectivity index (χ3v) is 2.38. The van der Waals surface area contributed by atoms with Crippen molar-refractivity contribution in [1.29, 1.82) is 0 Å². The lowest BCUT2D eigenvalue weighted by molar-refractivity contribution is 0.442. The van der Waals surface area contributed by atoms with Crippen LogP contribution >= 0.6 is 0 Å². The summed E-state index contributed by atoms with van der Waals surface area (Å²) in [4.78, 5) is 0. The highest BCUT2D eigenvalue weighted by molar-refractivity contribution is 5.38. The highest BCUT2D eigenvalue weighted by Gasteiger charge is 2.12. The Labute approximate surface area is 92.7 Å². The van der Waals surface area contributed by atoms with Crippen LogP contribution in [0.2, 0.25) is 0 Å². The zero-order valence-corrected chi connectivity index (χ0v) is 10.2. The largest absolute Gasteiger partial charge is 0.380 e. The summed E-state index contributed by atoms with van der Waals surface area (Å²) in [5.74, 6) is 1.46. The topological polar surface area (TPSA) is 40.7 Å². The number of hydrogen-bond acceptors (Lipinski definition) is 2. The molecule has 3 heteroatoms. The second-order valence-corrected chi connectivity index (χ2v) is 5.09. The molecule has 0 bridgehead atoms. The first-order valence-corrected chi connectivity index (χ1v) is 5.83. The molecule has 0 fully saturated rings. The van der Waals surface area contributed by atoms with Crippen LogP contribution in [-0.4, -0.2) is 16.2 Å². The average molecular weight is 209 g/mol. The van der Waals surface area contributed by atoms with E-state index in [1.54, 1.807) is 0 Å². The zero-order chi connectivity index (χ0) is 11.3.